The van der Waals surface area contributed by atoms with E-state index >= 15 is 0 Å². The van der Waals surface area contributed by atoms with Gasteiger partial charge in [0.1, 0.15) is 11.8 Å². The Hall–Kier alpha value is -2.67. The van der Waals surface area contributed by atoms with Gasteiger partial charge in [-0.15, -0.1) is 0 Å². The fraction of sp³-hybridized carbons (Fsp3) is 0.353. The molecule has 0 saturated carbocycles. The van der Waals surface area contributed by atoms with E-state index < -0.39 is 0 Å². The van der Waals surface area contributed by atoms with Gasteiger partial charge in [-0.05, 0) is 30.2 Å². The van der Waals surface area contributed by atoms with Gasteiger partial charge < -0.3 is 18.9 Å². The van der Waals surface area contributed by atoms with Gasteiger partial charge in [0.15, 0.2) is 5.82 Å². The molecule has 126 valence electrons. The minimum absolute atomic E-state index is 0.103. The van der Waals surface area contributed by atoms with Crippen LogP contribution in [0.3, 0.4) is 0 Å². The van der Waals surface area contributed by atoms with Gasteiger partial charge >= 0.3 is 0 Å². The van der Waals surface area contributed by atoms with Gasteiger partial charge in [-0.2, -0.15) is 4.98 Å². The summed E-state index contributed by atoms with van der Waals surface area (Å²) >= 11 is 0. The van der Waals surface area contributed by atoms with Gasteiger partial charge in [0.05, 0.1) is 20.3 Å². The molecule has 1 aromatic carbocycles. The van der Waals surface area contributed by atoms with Crippen molar-refractivity contribution in [2.45, 2.75) is 13.0 Å². The van der Waals surface area contributed by atoms with Gasteiger partial charge in [-0.3, -0.25) is 4.79 Å². The highest BCUT2D eigenvalue weighted by Gasteiger charge is 2.30. The number of ether oxygens (including phenoxy) is 2. The topological polar surface area (TPSA) is 77.7 Å². The normalized spacial score (nSPS) is 18.5. The van der Waals surface area contributed by atoms with Crippen LogP contribution in [0.1, 0.15) is 24.4 Å². The average Bonchev–Trinajstić information content (AvgIpc) is 3.16. The van der Waals surface area contributed by atoms with E-state index in [1.807, 2.05) is 31.2 Å². The van der Waals surface area contributed by atoms with Crippen LogP contribution in [0.15, 0.2) is 41.3 Å². The van der Waals surface area contributed by atoms with Crippen LogP contribution in [0.5, 0.6) is 5.75 Å². The standard InChI is InChI=1S/C17H19N3O4/c1-12(13-4-3-5-14(9-13)22-2)8-16(21)20-6-7-23-10-15(20)17-18-11-24-19-17/h3-5,8-9,11,15H,6-7,10H2,1-2H3. The van der Waals surface area contributed by atoms with Gasteiger partial charge in [0.25, 0.3) is 0 Å². The molecule has 1 atom stereocenters. The van der Waals surface area contributed by atoms with Crippen LogP contribution < -0.4 is 4.74 Å². The van der Waals surface area contributed by atoms with Crippen LogP contribution in [0.4, 0.5) is 0 Å². The minimum Gasteiger partial charge on any atom is -0.497 e. The highest BCUT2D eigenvalue weighted by Crippen LogP contribution is 2.24. The zero-order chi connectivity index (χ0) is 16.9. The van der Waals surface area contributed by atoms with Crippen LogP contribution in [0.2, 0.25) is 0 Å². The molecule has 24 heavy (non-hydrogen) atoms. The Kier molecular flexibility index (Phi) is 4.90. The molecule has 2 heterocycles. The quantitative estimate of drug-likeness (QED) is 0.799. The maximum Gasteiger partial charge on any atom is 0.247 e. The molecule has 1 aromatic heterocycles. The van der Waals surface area contributed by atoms with E-state index in [0.29, 0.717) is 25.6 Å². The van der Waals surface area contributed by atoms with E-state index in [9.17, 15) is 4.79 Å². The second-order valence-corrected chi connectivity index (χ2v) is 5.47. The molecule has 0 aliphatic carbocycles. The lowest BCUT2D eigenvalue weighted by molar-refractivity contribution is -0.135. The van der Waals surface area contributed by atoms with Gasteiger partial charge in [-0.1, -0.05) is 17.3 Å². The van der Waals surface area contributed by atoms with E-state index in [-0.39, 0.29) is 11.9 Å². The van der Waals surface area contributed by atoms with Crippen molar-refractivity contribution in [3.05, 3.63) is 48.1 Å². The van der Waals surface area contributed by atoms with Crippen molar-refractivity contribution in [1.29, 1.82) is 0 Å². The Bertz CT molecular complexity index is 727. The minimum atomic E-state index is -0.334. The number of hydrogen-bond donors (Lipinski definition) is 0. The summed E-state index contributed by atoms with van der Waals surface area (Å²) in [6.45, 7) is 3.24. The fourth-order valence-corrected chi connectivity index (χ4v) is 2.63. The van der Waals surface area contributed by atoms with Gasteiger partial charge in [0.2, 0.25) is 12.3 Å². The molecule has 1 aliphatic rings. The summed E-state index contributed by atoms with van der Waals surface area (Å²) < 4.78 is 15.5. The fourth-order valence-electron chi connectivity index (χ4n) is 2.63. The molecule has 0 N–H and O–H groups in total. The molecule has 1 unspecified atom stereocenters. The molecule has 2 aromatic rings. The number of rotatable bonds is 4. The molecule has 0 spiro atoms. The highest BCUT2D eigenvalue weighted by molar-refractivity contribution is 5.95. The van der Waals surface area contributed by atoms with Crippen molar-refractivity contribution < 1.29 is 18.8 Å². The smallest absolute Gasteiger partial charge is 0.247 e. The summed E-state index contributed by atoms with van der Waals surface area (Å²) in [4.78, 5) is 18.5. The first-order valence-electron chi connectivity index (χ1n) is 7.66. The van der Waals surface area contributed by atoms with Crippen molar-refractivity contribution in [3.63, 3.8) is 0 Å². The van der Waals surface area contributed by atoms with Gasteiger partial charge in [-0.25, -0.2) is 0 Å². The number of amides is 1. The molecule has 1 aliphatic heterocycles. The summed E-state index contributed by atoms with van der Waals surface area (Å²) in [6, 6.07) is 7.27. The maximum atomic E-state index is 12.7. The monoisotopic (exact) mass is 329 g/mol. The number of hydrogen-bond acceptors (Lipinski definition) is 6. The van der Waals surface area contributed by atoms with E-state index in [1.54, 1.807) is 18.1 Å². The maximum absolute atomic E-state index is 12.7. The number of aromatic nitrogens is 2. The van der Waals surface area contributed by atoms with Crippen LogP contribution in [-0.4, -0.2) is 47.8 Å². The molecule has 7 nitrogen and oxygen atoms in total. The van der Waals surface area contributed by atoms with Crippen molar-refractivity contribution in [1.82, 2.24) is 15.0 Å². The first-order valence-corrected chi connectivity index (χ1v) is 7.66. The predicted molar refractivity (Wildman–Crippen MR) is 86.2 cm³/mol. The zero-order valence-corrected chi connectivity index (χ0v) is 13.6. The summed E-state index contributed by atoms with van der Waals surface area (Å²) in [5.74, 6) is 1.10. The third kappa shape index (κ3) is 3.46. The lowest BCUT2D eigenvalue weighted by atomic mass is 10.1. The van der Waals surface area contributed by atoms with Crippen molar-refractivity contribution in [2.24, 2.45) is 0 Å². The Morgan fingerprint density at radius 2 is 2.33 bits per heavy atom. The van der Waals surface area contributed by atoms with Crippen molar-refractivity contribution in [2.75, 3.05) is 26.9 Å². The number of morpholine rings is 1. The SMILES string of the molecule is COc1cccc(C(C)=CC(=O)N2CCOCC2c2ncon2)c1. The molecule has 0 bridgehead atoms. The van der Waals surface area contributed by atoms with Crippen molar-refractivity contribution >= 4 is 11.5 Å². The third-order valence-electron chi connectivity index (χ3n) is 3.95. The summed E-state index contributed by atoms with van der Waals surface area (Å²) in [5, 5.41) is 3.84. The number of methoxy groups -OCH3 is 1. The van der Waals surface area contributed by atoms with E-state index in [4.69, 9.17) is 14.0 Å². The number of carbonyl (C=O) groups is 1. The largest absolute Gasteiger partial charge is 0.497 e. The summed E-state index contributed by atoms with van der Waals surface area (Å²) in [6.07, 6.45) is 2.87. The highest BCUT2D eigenvalue weighted by atomic mass is 16.5. The number of carbonyl (C=O) groups excluding carboxylic acids is 1. The predicted octanol–water partition coefficient (Wildman–Crippen LogP) is 2.08. The second-order valence-electron chi connectivity index (χ2n) is 5.47. The van der Waals surface area contributed by atoms with E-state index in [0.717, 1.165) is 16.9 Å². The molecular formula is C17H19N3O4. The molecule has 7 heteroatoms. The molecular weight excluding hydrogens is 310 g/mol. The number of nitrogens with zero attached hydrogens (tertiary/aromatic N) is 3. The Morgan fingerprint density at radius 1 is 1.46 bits per heavy atom. The average molecular weight is 329 g/mol. The molecule has 1 amide bonds. The Morgan fingerprint density at radius 3 is 3.08 bits per heavy atom. The van der Waals surface area contributed by atoms with Crippen LogP contribution in [0, 0.1) is 0 Å². The molecule has 3 rings (SSSR count). The first kappa shape index (κ1) is 16.2. The molecule has 1 fully saturated rings. The van der Waals surface area contributed by atoms with Crippen LogP contribution in [0.25, 0.3) is 5.57 Å². The lowest BCUT2D eigenvalue weighted by Crippen LogP contribution is -2.43. The number of allylic oxidation sites excluding steroid dienone is 1. The molecule has 0 radical (unpaired) electrons. The van der Waals surface area contributed by atoms with E-state index in [2.05, 4.69) is 10.1 Å². The van der Waals surface area contributed by atoms with E-state index in [1.165, 1.54) is 6.39 Å². The Labute approximate surface area is 139 Å². The van der Waals surface area contributed by atoms with Crippen LogP contribution >= 0.6 is 0 Å². The lowest BCUT2D eigenvalue weighted by Gasteiger charge is -2.33. The second kappa shape index (κ2) is 7.27. The summed E-state index contributed by atoms with van der Waals surface area (Å²) in [5.41, 5.74) is 1.80. The first-order chi connectivity index (χ1) is 11.7. The number of benzene rings is 1. The van der Waals surface area contributed by atoms with Gasteiger partial charge in [0, 0.05) is 12.6 Å². The van der Waals surface area contributed by atoms with Crippen molar-refractivity contribution in [3.8, 4) is 5.75 Å². The third-order valence-corrected chi connectivity index (χ3v) is 3.95. The zero-order valence-electron chi connectivity index (χ0n) is 13.6. The summed E-state index contributed by atoms with van der Waals surface area (Å²) in [7, 11) is 1.62. The Balaban J connectivity index is 1.81. The van der Waals surface area contributed by atoms with Crippen LogP contribution in [-0.2, 0) is 9.53 Å². The molecule has 1 saturated heterocycles.